The van der Waals surface area contributed by atoms with E-state index in [0.29, 0.717) is 34.8 Å². The van der Waals surface area contributed by atoms with Crippen LogP contribution in [-0.2, 0) is 14.3 Å². The molecule has 0 aromatic rings. The highest BCUT2D eigenvalue weighted by Gasteiger charge is 2.60. The van der Waals surface area contributed by atoms with Gasteiger partial charge in [0.25, 0.3) is 0 Å². The molecule has 4 rings (SSSR count). The van der Waals surface area contributed by atoms with Gasteiger partial charge in [0.1, 0.15) is 6.10 Å². The number of carbonyl (C=O) groups is 2. The van der Waals surface area contributed by atoms with E-state index in [2.05, 4.69) is 27.7 Å². The fourth-order valence-electron chi connectivity index (χ4n) is 9.53. The van der Waals surface area contributed by atoms with Gasteiger partial charge >= 0.3 is 5.97 Å². The molecule has 212 valence electrons. The standard InChI is InChI=1S/C32H54O4S/c1-7-30(3,4)29(35)36-23-14-16-31(5)22(20-23)9-10-24-26-12-11-25(32(26,6)17-15-27(24)31)21(2)8-13-28(34)37-19-18-33/h21-27,33H,7-20H2,1-6H3/t21?,22?,23?,24?,25?,26?,27?,31-,32+/m0/s1. The van der Waals surface area contributed by atoms with E-state index in [1.54, 1.807) is 0 Å². The van der Waals surface area contributed by atoms with Gasteiger partial charge in [-0.05, 0) is 131 Å². The van der Waals surface area contributed by atoms with Crippen molar-refractivity contribution in [3.8, 4) is 0 Å². The van der Waals surface area contributed by atoms with Crippen LogP contribution in [0, 0.1) is 51.8 Å². The maximum absolute atomic E-state index is 12.8. The van der Waals surface area contributed by atoms with Crippen LogP contribution in [0.1, 0.15) is 119 Å². The third kappa shape index (κ3) is 5.70. The Morgan fingerprint density at radius 1 is 1.03 bits per heavy atom. The van der Waals surface area contributed by atoms with Gasteiger partial charge in [-0.1, -0.05) is 39.5 Å². The minimum absolute atomic E-state index is 0.00877. The maximum atomic E-state index is 12.8. The maximum Gasteiger partial charge on any atom is 0.311 e. The Hall–Kier alpha value is -0.550. The number of ether oxygens (including phenoxy) is 1. The first kappa shape index (κ1) is 29.4. The zero-order valence-corrected chi connectivity index (χ0v) is 25.3. The molecule has 4 aliphatic carbocycles. The van der Waals surface area contributed by atoms with Gasteiger partial charge < -0.3 is 9.84 Å². The molecule has 7 unspecified atom stereocenters. The van der Waals surface area contributed by atoms with Crippen molar-refractivity contribution >= 4 is 22.8 Å². The van der Waals surface area contributed by atoms with Crippen molar-refractivity contribution in [1.82, 2.24) is 0 Å². The van der Waals surface area contributed by atoms with Crippen LogP contribution in [0.2, 0.25) is 0 Å². The molecule has 0 heterocycles. The number of esters is 1. The molecule has 4 aliphatic rings. The highest BCUT2D eigenvalue weighted by molar-refractivity contribution is 8.13. The Balaban J connectivity index is 1.38. The van der Waals surface area contributed by atoms with E-state index in [0.717, 1.165) is 49.4 Å². The number of aliphatic hydroxyl groups is 1. The molecule has 0 saturated heterocycles. The molecule has 37 heavy (non-hydrogen) atoms. The van der Waals surface area contributed by atoms with E-state index in [4.69, 9.17) is 9.84 Å². The Kier molecular flexibility index (Phi) is 9.16. The number of hydrogen-bond acceptors (Lipinski definition) is 5. The summed E-state index contributed by atoms with van der Waals surface area (Å²) in [5, 5.41) is 9.25. The first-order chi connectivity index (χ1) is 17.5. The van der Waals surface area contributed by atoms with Crippen molar-refractivity contribution in [3.63, 3.8) is 0 Å². The van der Waals surface area contributed by atoms with Crippen LogP contribution in [0.15, 0.2) is 0 Å². The molecule has 0 aromatic heterocycles. The van der Waals surface area contributed by atoms with Gasteiger partial charge in [-0.15, -0.1) is 0 Å². The lowest BCUT2D eigenvalue weighted by molar-refractivity contribution is -0.171. The summed E-state index contributed by atoms with van der Waals surface area (Å²) in [6.07, 6.45) is 13.9. The molecule has 5 heteroatoms. The SMILES string of the molecule is CCC(C)(C)C(=O)OC1CC[C@@]2(C)C(CCC3C4CCC(C(C)CCC(=O)SCCO)[C@@]4(C)CCC32)C1. The Morgan fingerprint density at radius 3 is 2.43 bits per heavy atom. The Morgan fingerprint density at radius 2 is 1.73 bits per heavy atom. The van der Waals surface area contributed by atoms with Crippen molar-refractivity contribution in [2.75, 3.05) is 12.4 Å². The molecule has 4 fully saturated rings. The van der Waals surface area contributed by atoms with Crippen molar-refractivity contribution in [2.24, 2.45) is 51.8 Å². The normalized spacial score (nSPS) is 40.3. The van der Waals surface area contributed by atoms with Gasteiger partial charge in [-0.3, -0.25) is 9.59 Å². The first-order valence-corrected chi connectivity index (χ1v) is 16.4. The minimum Gasteiger partial charge on any atom is -0.462 e. The zero-order valence-electron chi connectivity index (χ0n) is 24.5. The highest BCUT2D eigenvalue weighted by atomic mass is 32.2. The molecule has 0 aromatic carbocycles. The minimum atomic E-state index is -0.381. The number of carbonyl (C=O) groups excluding carboxylic acids is 2. The molecule has 0 amide bonds. The van der Waals surface area contributed by atoms with Crippen LogP contribution in [0.5, 0.6) is 0 Å². The van der Waals surface area contributed by atoms with Crippen LogP contribution in [0.4, 0.5) is 0 Å². The summed E-state index contributed by atoms with van der Waals surface area (Å²) in [6, 6.07) is 0. The third-order valence-electron chi connectivity index (χ3n) is 12.2. The van der Waals surface area contributed by atoms with E-state index in [1.807, 2.05) is 13.8 Å². The van der Waals surface area contributed by atoms with Gasteiger partial charge in [-0.25, -0.2) is 0 Å². The highest BCUT2D eigenvalue weighted by Crippen LogP contribution is 2.68. The predicted octanol–water partition coefficient (Wildman–Crippen LogP) is 7.66. The van der Waals surface area contributed by atoms with E-state index in [-0.39, 0.29) is 29.2 Å². The number of fused-ring (bicyclic) bond motifs is 5. The number of thioether (sulfide) groups is 1. The summed E-state index contributed by atoms with van der Waals surface area (Å²) in [7, 11) is 0. The van der Waals surface area contributed by atoms with Gasteiger partial charge in [0, 0.05) is 12.2 Å². The first-order valence-electron chi connectivity index (χ1n) is 15.4. The molecule has 0 spiro atoms. The second kappa shape index (κ2) is 11.5. The van der Waals surface area contributed by atoms with E-state index in [1.165, 1.54) is 56.7 Å². The molecular weight excluding hydrogens is 480 g/mol. The van der Waals surface area contributed by atoms with Gasteiger partial charge in [0.05, 0.1) is 12.0 Å². The molecule has 0 bridgehead atoms. The van der Waals surface area contributed by atoms with Gasteiger partial charge in [0.15, 0.2) is 5.12 Å². The second-order valence-corrected chi connectivity index (χ2v) is 15.5. The fraction of sp³-hybridized carbons (Fsp3) is 0.938. The van der Waals surface area contributed by atoms with Gasteiger partial charge in [0.2, 0.25) is 0 Å². The summed E-state index contributed by atoms with van der Waals surface area (Å²) >= 11 is 1.30. The number of hydrogen-bond donors (Lipinski definition) is 1. The lowest BCUT2D eigenvalue weighted by Gasteiger charge is -2.61. The summed E-state index contributed by atoms with van der Waals surface area (Å²) in [6.45, 7) is 13.8. The molecule has 0 radical (unpaired) electrons. The van der Waals surface area contributed by atoms with Crippen LogP contribution in [0.25, 0.3) is 0 Å². The molecule has 9 atom stereocenters. The van der Waals surface area contributed by atoms with Gasteiger partial charge in [-0.2, -0.15) is 0 Å². The quantitative estimate of drug-likeness (QED) is 0.308. The molecule has 0 aliphatic heterocycles. The Bertz CT molecular complexity index is 826. The Labute approximate surface area is 230 Å². The zero-order chi connectivity index (χ0) is 27.0. The van der Waals surface area contributed by atoms with Crippen LogP contribution < -0.4 is 0 Å². The number of aliphatic hydroxyl groups excluding tert-OH is 1. The van der Waals surface area contributed by atoms with Crippen molar-refractivity contribution in [2.45, 2.75) is 125 Å². The number of rotatable bonds is 9. The lowest BCUT2D eigenvalue weighted by atomic mass is 9.44. The average Bonchev–Trinajstić information content (AvgIpc) is 3.23. The van der Waals surface area contributed by atoms with Crippen molar-refractivity contribution in [1.29, 1.82) is 0 Å². The predicted molar refractivity (Wildman–Crippen MR) is 152 cm³/mol. The largest absolute Gasteiger partial charge is 0.462 e. The third-order valence-corrected chi connectivity index (χ3v) is 13.2. The lowest BCUT2D eigenvalue weighted by Crippen LogP contribution is -2.54. The summed E-state index contributed by atoms with van der Waals surface area (Å²) in [5.41, 5.74) is 0.435. The molecular formula is C32H54O4S. The molecule has 1 N–H and O–H groups in total. The van der Waals surface area contributed by atoms with E-state index < -0.39 is 0 Å². The monoisotopic (exact) mass is 534 g/mol. The summed E-state index contributed by atoms with van der Waals surface area (Å²) in [5.74, 6) is 5.02. The molecule has 4 nitrogen and oxygen atoms in total. The second-order valence-electron chi connectivity index (χ2n) is 14.4. The van der Waals surface area contributed by atoms with Crippen LogP contribution >= 0.6 is 11.8 Å². The van der Waals surface area contributed by atoms with E-state index in [9.17, 15) is 9.59 Å². The smallest absolute Gasteiger partial charge is 0.311 e. The van der Waals surface area contributed by atoms with E-state index >= 15 is 0 Å². The average molecular weight is 535 g/mol. The fourth-order valence-corrected chi connectivity index (χ4v) is 10.1. The molecule has 4 saturated carbocycles. The summed E-state index contributed by atoms with van der Waals surface area (Å²) < 4.78 is 6.09. The van der Waals surface area contributed by atoms with Crippen LogP contribution in [-0.4, -0.2) is 34.7 Å². The van der Waals surface area contributed by atoms with Crippen molar-refractivity contribution in [3.05, 3.63) is 0 Å². The van der Waals surface area contributed by atoms with Crippen LogP contribution in [0.3, 0.4) is 0 Å². The summed E-state index contributed by atoms with van der Waals surface area (Å²) in [4.78, 5) is 25.0. The van der Waals surface area contributed by atoms with Crippen molar-refractivity contribution < 1.29 is 19.4 Å². The topological polar surface area (TPSA) is 63.6 Å².